The summed E-state index contributed by atoms with van der Waals surface area (Å²) in [5.41, 5.74) is 4.99. The Bertz CT molecular complexity index is 787. The Morgan fingerprint density at radius 2 is 1.90 bits per heavy atom. The van der Waals surface area contributed by atoms with Crippen LogP contribution in [0.5, 0.6) is 5.75 Å². The zero-order valence-corrected chi connectivity index (χ0v) is 12.8. The molecule has 0 bridgehead atoms. The number of methoxy groups -OCH3 is 1. The lowest BCUT2D eigenvalue weighted by Crippen LogP contribution is -1.94. The Balaban J connectivity index is 2.09. The third-order valence-electron chi connectivity index (χ3n) is 3.65. The first-order valence-corrected chi connectivity index (χ1v) is 7.14. The molecule has 0 N–H and O–H groups in total. The fourth-order valence-corrected chi connectivity index (χ4v) is 2.48. The third kappa shape index (κ3) is 2.51. The van der Waals surface area contributed by atoms with E-state index in [0.29, 0.717) is 11.8 Å². The van der Waals surface area contributed by atoms with E-state index in [1.54, 1.807) is 7.11 Å². The summed E-state index contributed by atoms with van der Waals surface area (Å²) in [5.74, 6) is 1.92. The number of oxazole rings is 1. The molecule has 1 aromatic heterocycles. The molecule has 0 saturated carbocycles. The van der Waals surface area contributed by atoms with E-state index >= 15 is 0 Å². The van der Waals surface area contributed by atoms with Crippen LogP contribution in [0, 0.1) is 6.92 Å². The van der Waals surface area contributed by atoms with Gasteiger partial charge in [0.05, 0.1) is 7.11 Å². The number of hydrogen-bond donors (Lipinski definition) is 0. The van der Waals surface area contributed by atoms with E-state index < -0.39 is 0 Å². The fraction of sp³-hybridized carbons (Fsp3) is 0.278. The SMILES string of the molecule is COc1cc(-c2nc3cc(C)ccc3o2)ccc1C(C)C. The molecule has 0 saturated heterocycles. The van der Waals surface area contributed by atoms with Crippen LogP contribution in [0.2, 0.25) is 0 Å². The Labute approximate surface area is 124 Å². The second kappa shape index (κ2) is 5.24. The molecule has 0 aliphatic rings. The standard InChI is InChI=1S/C18H19NO2/c1-11(2)14-7-6-13(10-17(14)20-4)18-19-15-9-12(3)5-8-16(15)21-18/h5-11H,1-4H3. The van der Waals surface area contributed by atoms with Crippen LogP contribution in [-0.2, 0) is 0 Å². The second-order valence-electron chi connectivity index (χ2n) is 5.60. The summed E-state index contributed by atoms with van der Waals surface area (Å²) in [7, 11) is 1.69. The average molecular weight is 281 g/mol. The Kier molecular flexibility index (Phi) is 3.42. The van der Waals surface area contributed by atoms with Gasteiger partial charge in [0.2, 0.25) is 5.89 Å². The molecular weight excluding hydrogens is 262 g/mol. The van der Waals surface area contributed by atoms with Crippen molar-refractivity contribution >= 4 is 11.1 Å². The fourth-order valence-electron chi connectivity index (χ4n) is 2.48. The van der Waals surface area contributed by atoms with Gasteiger partial charge >= 0.3 is 0 Å². The van der Waals surface area contributed by atoms with Gasteiger partial charge in [-0.15, -0.1) is 0 Å². The summed E-state index contributed by atoms with van der Waals surface area (Å²) in [6.07, 6.45) is 0. The highest BCUT2D eigenvalue weighted by Crippen LogP contribution is 2.32. The lowest BCUT2D eigenvalue weighted by molar-refractivity contribution is 0.407. The maximum atomic E-state index is 5.84. The number of nitrogens with zero attached hydrogens (tertiary/aromatic N) is 1. The summed E-state index contributed by atoms with van der Waals surface area (Å²) >= 11 is 0. The van der Waals surface area contributed by atoms with Gasteiger partial charge in [0.25, 0.3) is 0 Å². The van der Waals surface area contributed by atoms with Gasteiger partial charge in [0.15, 0.2) is 5.58 Å². The smallest absolute Gasteiger partial charge is 0.227 e. The molecule has 3 rings (SSSR count). The maximum Gasteiger partial charge on any atom is 0.227 e. The topological polar surface area (TPSA) is 35.3 Å². The van der Waals surface area contributed by atoms with Crippen LogP contribution < -0.4 is 4.74 Å². The number of ether oxygens (including phenoxy) is 1. The Morgan fingerprint density at radius 3 is 2.62 bits per heavy atom. The first-order valence-electron chi connectivity index (χ1n) is 7.14. The van der Waals surface area contributed by atoms with Crippen LogP contribution in [0.4, 0.5) is 0 Å². The zero-order valence-electron chi connectivity index (χ0n) is 12.8. The Hall–Kier alpha value is -2.29. The van der Waals surface area contributed by atoms with E-state index in [1.165, 1.54) is 11.1 Å². The quantitative estimate of drug-likeness (QED) is 0.682. The van der Waals surface area contributed by atoms with E-state index in [-0.39, 0.29) is 0 Å². The molecule has 3 nitrogen and oxygen atoms in total. The van der Waals surface area contributed by atoms with Gasteiger partial charge in [-0.05, 0) is 48.2 Å². The van der Waals surface area contributed by atoms with E-state index in [9.17, 15) is 0 Å². The minimum atomic E-state index is 0.417. The van der Waals surface area contributed by atoms with Gasteiger partial charge in [0, 0.05) is 5.56 Å². The molecule has 3 aromatic rings. The summed E-state index contributed by atoms with van der Waals surface area (Å²) < 4.78 is 11.3. The van der Waals surface area contributed by atoms with Gasteiger partial charge in [-0.3, -0.25) is 0 Å². The zero-order chi connectivity index (χ0) is 15.0. The molecule has 2 aromatic carbocycles. The van der Waals surface area contributed by atoms with Crippen molar-refractivity contribution in [2.75, 3.05) is 7.11 Å². The van der Waals surface area contributed by atoms with Crippen LogP contribution in [0.15, 0.2) is 40.8 Å². The predicted molar refractivity (Wildman–Crippen MR) is 84.8 cm³/mol. The maximum absolute atomic E-state index is 5.84. The molecule has 0 aliphatic carbocycles. The summed E-state index contributed by atoms with van der Waals surface area (Å²) in [6, 6.07) is 12.1. The molecule has 0 unspecified atom stereocenters. The highest BCUT2D eigenvalue weighted by atomic mass is 16.5. The van der Waals surface area contributed by atoms with Crippen molar-refractivity contribution in [3.63, 3.8) is 0 Å². The van der Waals surface area contributed by atoms with Crippen molar-refractivity contribution in [2.24, 2.45) is 0 Å². The number of benzene rings is 2. The van der Waals surface area contributed by atoms with Crippen LogP contribution in [-0.4, -0.2) is 12.1 Å². The Morgan fingerprint density at radius 1 is 1.10 bits per heavy atom. The lowest BCUT2D eigenvalue weighted by Gasteiger charge is -2.12. The van der Waals surface area contributed by atoms with Gasteiger partial charge in [0.1, 0.15) is 11.3 Å². The number of aryl methyl sites for hydroxylation is 1. The molecular formula is C18H19NO2. The highest BCUT2D eigenvalue weighted by molar-refractivity contribution is 5.77. The summed E-state index contributed by atoms with van der Waals surface area (Å²) in [5, 5.41) is 0. The van der Waals surface area contributed by atoms with Crippen molar-refractivity contribution in [3.05, 3.63) is 47.5 Å². The molecule has 0 spiro atoms. The second-order valence-corrected chi connectivity index (χ2v) is 5.60. The lowest BCUT2D eigenvalue weighted by atomic mass is 10.0. The van der Waals surface area contributed by atoms with Crippen molar-refractivity contribution in [3.8, 4) is 17.2 Å². The number of rotatable bonds is 3. The first-order chi connectivity index (χ1) is 10.1. The molecule has 0 fully saturated rings. The van der Waals surface area contributed by atoms with E-state index in [2.05, 4.69) is 24.9 Å². The molecule has 21 heavy (non-hydrogen) atoms. The molecule has 108 valence electrons. The van der Waals surface area contributed by atoms with E-state index in [4.69, 9.17) is 9.15 Å². The monoisotopic (exact) mass is 281 g/mol. The van der Waals surface area contributed by atoms with Crippen LogP contribution in [0.3, 0.4) is 0 Å². The van der Waals surface area contributed by atoms with Crippen LogP contribution in [0.25, 0.3) is 22.6 Å². The van der Waals surface area contributed by atoms with Crippen molar-refractivity contribution in [1.29, 1.82) is 0 Å². The number of hydrogen-bond acceptors (Lipinski definition) is 3. The third-order valence-corrected chi connectivity index (χ3v) is 3.65. The minimum Gasteiger partial charge on any atom is -0.496 e. The predicted octanol–water partition coefficient (Wildman–Crippen LogP) is 4.94. The number of aromatic nitrogens is 1. The molecule has 0 radical (unpaired) electrons. The van der Waals surface area contributed by atoms with Gasteiger partial charge in [-0.1, -0.05) is 26.0 Å². The van der Waals surface area contributed by atoms with Crippen LogP contribution in [0.1, 0.15) is 30.9 Å². The number of fused-ring (bicyclic) bond motifs is 1. The minimum absolute atomic E-state index is 0.417. The van der Waals surface area contributed by atoms with Crippen molar-refractivity contribution in [2.45, 2.75) is 26.7 Å². The molecule has 0 aliphatic heterocycles. The molecule has 0 amide bonds. The van der Waals surface area contributed by atoms with Crippen molar-refractivity contribution in [1.82, 2.24) is 4.98 Å². The van der Waals surface area contributed by atoms with E-state index in [0.717, 1.165) is 22.4 Å². The molecule has 3 heteroatoms. The summed E-state index contributed by atoms with van der Waals surface area (Å²) in [6.45, 7) is 6.35. The normalized spacial score (nSPS) is 11.3. The highest BCUT2D eigenvalue weighted by Gasteiger charge is 2.13. The first kappa shape index (κ1) is 13.7. The molecule has 0 atom stereocenters. The van der Waals surface area contributed by atoms with Crippen molar-refractivity contribution < 1.29 is 9.15 Å². The van der Waals surface area contributed by atoms with Crippen LogP contribution >= 0.6 is 0 Å². The summed E-state index contributed by atoms with van der Waals surface area (Å²) in [4.78, 5) is 4.57. The average Bonchev–Trinajstić information content (AvgIpc) is 2.89. The largest absolute Gasteiger partial charge is 0.496 e. The van der Waals surface area contributed by atoms with E-state index in [1.807, 2.05) is 37.3 Å². The van der Waals surface area contributed by atoms with Gasteiger partial charge in [-0.25, -0.2) is 4.98 Å². The van der Waals surface area contributed by atoms with Gasteiger partial charge in [-0.2, -0.15) is 0 Å². The molecule has 1 heterocycles. The van der Waals surface area contributed by atoms with Gasteiger partial charge < -0.3 is 9.15 Å².